The SMILES string of the molecule is C[C@H](OC(=O)CCS(=O)(=O)c1ccc(F)cc1)C(=O)NC(=O)NC(C)(C)C. The summed E-state index contributed by atoms with van der Waals surface area (Å²) < 4.78 is 41.9. The lowest BCUT2D eigenvalue weighted by Gasteiger charge is -2.21. The van der Waals surface area contributed by atoms with Crippen molar-refractivity contribution in [3.63, 3.8) is 0 Å². The van der Waals surface area contributed by atoms with Gasteiger partial charge in [0.05, 0.1) is 17.1 Å². The Kier molecular flexibility index (Phi) is 7.46. The Bertz CT molecular complexity index is 800. The second kappa shape index (κ2) is 8.94. The molecule has 27 heavy (non-hydrogen) atoms. The summed E-state index contributed by atoms with van der Waals surface area (Å²) in [5.74, 6) is -2.90. The summed E-state index contributed by atoms with van der Waals surface area (Å²) in [5.41, 5.74) is -0.557. The van der Waals surface area contributed by atoms with Crippen LogP contribution >= 0.6 is 0 Å². The smallest absolute Gasteiger partial charge is 0.321 e. The van der Waals surface area contributed by atoms with Crippen molar-refractivity contribution < 1.29 is 31.9 Å². The van der Waals surface area contributed by atoms with E-state index < -0.39 is 57.4 Å². The second-order valence-corrected chi connectivity index (χ2v) is 8.96. The molecule has 3 amide bonds. The first kappa shape index (κ1) is 22.6. The maximum absolute atomic E-state index is 12.9. The van der Waals surface area contributed by atoms with E-state index in [-0.39, 0.29) is 4.90 Å². The van der Waals surface area contributed by atoms with Crippen molar-refractivity contribution in [1.82, 2.24) is 10.6 Å². The van der Waals surface area contributed by atoms with Crippen LogP contribution < -0.4 is 10.6 Å². The molecule has 0 heterocycles. The van der Waals surface area contributed by atoms with Gasteiger partial charge in [0.1, 0.15) is 5.82 Å². The number of imide groups is 1. The molecule has 1 aromatic carbocycles. The van der Waals surface area contributed by atoms with Gasteiger partial charge in [-0.3, -0.25) is 14.9 Å². The summed E-state index contributed by atoms with van der Waals surface area (Å²) in [5, 5.41) is 4.53. The van der Waals surface area contributed by atoms with Crippen molar-refractivity contribution in [1.29, 1.82) is 0 Å². The maximum atomic E-state index is 12.9. The number of rotatable bonds is 6. The van der Waals surface area contributed by atoms with E-state index >= 15 is 0 Å². The molecule has 0 saturated carbocycles. The van der Waals surface area contributed by atoms with E-state index in [9.17, 15) is 27.2 Å². The van der Waals surface area contributed by atoms with Crippen LogP contribution in [0.1, 0.15) is 34.1 Å². The molecular formula is C17H23FN2O6S. The number of hydrogen-bond donors (Lipinski definition) is 2. The zero-order valence-electron chi connectivity index (χ0n) is 15.5. The number of nitrogens with one attached hydrogen (secondary N) is 2. The van der Waals surface area contributed by atoms with Crippen LogP contribution in [0.4, 0.5) is 9.18 Å². The van der Waals surface area contributed by atoms with E-state index in [2.05, 4.69) is 5.32 Å². The van der Waals surface area contributed by atoms with Crippen LogP contribution in [0, 0.1) is 5.82 Å². The highest BCUT2D eigenvalue weighted by molar-refractivity contribution is 7.91. The number of esters is 1. The molecule has 0 aliphatic rings. The van der Waals surface area contributed by atoms with Gasteiger partial charge in [0.2, 0.25) is 0 Å². The summed E-state index contributed by atoms with van der Waals surface area (Å²) in [6.07, 6.45) is -1.78. The monoisotopic (exact) mass is 402 g/mol. The van der Waals surface area contributed by atoms with Gasteiger partial charge in [0.15, 0.2) is 15.9 Å². The highest BCUT2D eigenvalue weighted by Gasteiger charge is 2.23. The van der Waals surface area contributed by atoms with Crippen molar-refractivity contribution in [2.75, 3.05) is 5.75 Å². The Morgan fingerprint density at radius 2 is 1.70 bits per heavy atom. The number of halogens is 1. The minimum absolute atomic E-state index is 0.124. The van der Waals surface area contributed by atoms with Crippen molar-refractivity contribution >= 4 is 27.7 Å². The first-order valence-corrected chi connectivity index (χ1v) is 9.76. The molecule has 8 nitrogen and oxygen atoms in total. The third-order valence-electron chi connectivity index (χ3n) is 3.15. The highest BCUT2D eigenvalue weighted by Crippen LogP contribution is 2.13. The van der Waals surface area contributed by atoms with Crippen LogP contribution in [-0.4, -0.2) is 43.7 Å². The van der Waals surface area contributed by atoms with Gasteiger partial charge < -0.3 is 10.1 Å². The van der Waals surface area contributed by atoms with Crippen molar-refractivity contribution in [3.05, 3.63) is 30.1 Å². The molecule has 1 aromatic rings. The van der Waals surface area contributed by atoms with Gasteiger partial charge in [-0.15, -0.1) is 0 Å². The molecule has 0 radical (unpaired) electrons. The van der Waals surface area contributed by atoms with Crippen molar-refractivity contribution in [3.8, 4) is 0 Å². The Labute approximate surface area is 157 Å². The number of sulfone groups is 1. The van der Waals surface area contributed by atoms with Gasteiger partial charge in [-0.2, -0.15) is 0 Å². The molecule has 0 saturated heterocycles. The van der Waals surface area contributed by atoms with Crippen LogP contribution in [0.25, 0.3) is 0 Å². The van der Waals surface area contributed by atoms with E-state index in [1.165, 1.54) is 6.92 Å². The minimum atomic E-state index is -3.80. The lowest BCUT2D eigenvalue weighted by atomic mass is 10.1. The van der Waals surface area contributed by atoms with Crippen molar-refractivity contribution in [2.45, 2.75) is 50.7 Å². The summed E-state index contributed by atoms with van der Waals surface area (Å²) in [6.45, 7) is 6.43. The average molecular weight is 402 g/mol. The molecule has 0 fully saturated rings. The molecule has 0 bridgehead atoms. The zero-order valence-corrected chi connectivity index (χ0v) is 16.4. The molecule has 0 spiro atoms. The van der Waals surface area contributed by atoms with Gasteiger partial charge >= 0.3 is 12.0 Å². The van der Waals surface area contributed by atoms with Gasteiger partial charge in [0, 0.05) is 5.54 Å². The lowest BCUT2D eigenvalue weighted by molar-refractivity contribution is -0.154. The summed E-state index contributed by atoms with van der Waals surface area (Å²) in [7, 11) is -3.80. The molecule has 0 aliphatic heterocycles. The number of carbonyl (C=O) groups is 3. The predicted molar refractivity (Wildman–Crippen MR) is 95.1 cm³/mol. The molecule has 150 valence electrons. The van der Waals surface area contributed by atoms with Crippen LogP contribution in [0.15, 0.2) is 29.2 Å². The number of amides is 3. The molecule has 1 atom stereocenters. The zero-order chi connectivity index (χ0) is 20.8. The molecule has 0 aromatic heterocycles. The fourth-order valence-corrected chi connectivity index (χ4v) is 3.09. The Morgan fingerprint density at radius 3 is 2.22 bits per heavy atom. The Balaban J connectivity index is 2.52. The van der Waals surface area contributed by atoms with E-state index in [0.717, 1.165) is 24.3 Å². The number of urea groups is 1. The molecule has 1 rings (SSSR count). The van der Waals surface area contributed by atoms with E-state index in [1.807, 2.05) is 5.32 Å². The normalized spacial score (nSPS) is 12.8. The largest absolute Gasteiger partial charge is 0.453 e. The fraction of sp³-hybridized carbons (Fsp3) is 0.471. The van der Waals surface area contributed by atoms with Gasteiger partial charge in [-0.25, -0.2) is 17.6 Å². The number of hydrogen-bond acceptors (Lipinski definition) is 6. The summed E-state index contributed by atoms with van der Waals surface area (Å²) in [6, 6.07) is 3.45. The highest BCUT2D eigenvalue weighted by atomic mass is 32.2. The topological polar surface area (TPSA) is 119 Å². The van der Waals surface area contributed by atoms with Crippen molar-refractivity contribution in [2.24, 2.45) is 0 Å². The van der Waals surface area contributed by atoms with E-state index in [4.69, 9.17) is 4.74 Å². The molecule has 2 N–H and O–H groups in total. The van der Waals surface area contributed by atoms with Gasteiger partial charge in [0.25, 0.3) is 5.91 Å². The van der Waals surface area contributed by atoms with E-state index in [1.54, 1.807) is 20.8 Å². The first-order chi connectivity index (χ1) is 12.3. The van der Waals surface area contributed by atoms with Crippen LogP contribution in [0.5, 0.6) is 0 Å². The lowest BCUT2D eigenvalue weighted by Crippen LogP contribution is -2.50. The van der Waals surface area contributed by atoms with Crippen LogP contribution in [0.3, 0.4) is 0 Å². The van der Waals surface area contributed by atoms with Crippen LogP contribution in [-0.2, 0) is 24.2 Å². The number of ether oxygens (including phenoxy) is 1. The second-order valence-electron chi connectivity index (χ2n) is 6.85. The fourth-order valence-electron chi connectivity index (χ4n) is 1.87. The molecule has 0 unspecified atom stereocenters. The molecule has 10 heteroatoms. The molecule has 0 aliphatic carbocycles. The van der Waals surface area contributed by atoms with Gasteiger partial charge in [-0.05, 0) is 52.0 Å². The quantitative estimate of drug-likeness (QED) is 0.550. The van der Waals surface area contributed by atoms with Crippen LogP contribution in [0.2, 0.25) is 0 Å². The molecular weight excluding hydrogens is 379 g/mol. The Hall–Kier alpha value is -2.49. The standard InChI is InChI=1S/C17H23FN2O6S/c1-11(15(22)19-16(23)20-17(2,3)4)26-14(21)9-10-27(24,25)13-7-5-12(18)6-8-13/h5-8,11H,9-10H2,1-4H3,(H2,19,20,22,23)/t11-/m0/s1. The Morgan fingerprint density at radius 1 is 1.15 bits per heavy atom. The number of benzene rings is 1. The minimum Gasteiger partial charge on any atom is -0.453 e. The summed E-state index contributed by atoms with van der Waals surface area (Å²) in [4.78, 5) is 35.1. The number of carbonyl (C=O) groups excluding carboxylic acids is 3. The third-order valence-corrected chi connectivity index (χ3v) is 4.88. The third kappa shape index (κ3) is 8.16. The van der Waals surface area contributed by atoms with E-state index in [0.29, 0.717) is 0 Å². The summed E-state index contributed by atoms with van der Waals surface area (Å²) >= 11 is 0. The first-order valence-electron chi connectivity index (χ1n) is 8.11. The van der Waals surface area contributed by atoms with Gasteiger partial charge in [-0.1, -0.05) is 0 Å². The average Bonchev–Trinajstić information content (AvgIpc) is 2.51. The maximum Gasteiger partial charge on any atom is 0.321 e. The predicted octanol–water partition coefficient (Wildman–Crippen LogP) is 1.55.